The summed E-state index contributed by atoms with van der Waals surface area (Å²) in [5.74, 6) is 0.398. The molecule has 0 aliphatic heterocycles. The van der Waals surface area contributed by atoms with E-state index in [1.165, 1.54) is 6.07 Å². The van der Waals surface area contributed by atoms with Crippen molar-refractivity contribution in [2.24, 2.45) is 5.73 Å². The van der Waals surface area contributed by atoms with Crippen LogP contribution in [0.25, 0.3) is 0 Å². The molecule has 2 rings (SSSR count). The van der Waals surface area contributed by atoms with Gasteiger partial charge in [-0.25, -0.2) is 0 Å². The SMILES string of the molecule is N#Cc1ccccc1OCc1ccc(C(N)=O)o1. The molecule has 5 nitrogen and oxygen atoms in total. The van der Waals surface area contributed by atoms with Crippen LogP contribution in [0, 0.1) is 11.3 Å². The van der Waals surface area contributed by atoms with E-state index in [0.29, 0.717) is 17.1 Å². The van der Waals surface area contributed by atoms with Gasteiger partial charge in [-0.1, -0.05) is 12.1 Å². The lowest BCUT2D eigenvalue weighted by Crippen LogP contribution is -2.09. The van der Waals surface area contributed by atoms with Crippen molar-refractivity contribution in [3.8, 4) is 11.8 Å². The average molecular weight is 242 g/mol. The number of nitrogens with zero attached hydrogens (tertiary/aromatic N) is 1. The molecule has 0 unspecified atom stereocenters. The topological polar surface area (TPSA) is 89.2 Å². The number of hydrogen-bond donors (Lipinski definition) is 1. The zero-order valence-electron chi connectivity index (χ0n) is 9.42. The first-order valence-electron chi connectivity index (χ1n) is 5.21. The van der Waals surface area contributed by atoms with Crippen LogP contribution < -0.4 is 10.5 Å². The summed E-state index contributed by atoms with van der Waals surface area (Å²) in [5, 5.41) is 8.88. The first kappa shape index (κ1) is 11.7. The second-order valence-corrected chi connectivity index (χ2v) is 3.53. The molecule has 2 N–H and O–H groups in total. The Labute approximate surface area is 103 Å². The summed E-state index contributed by atoms with van der Waals surface area (Å²) in [5.41, 5.74) is 5.51. The van der Waals surface area contributed by atoms with E-state index in [1.54, 1.807) is 30.3 Å². The van der Waals surface area contributed by atoms with E-state index < -0.39 is 5.91 Å². The Balaban J connectivity index is 2.07. The van der Waals surface area contributed by atoms with E-state index in [9.17, 15) is 4.79 Å². The predicted octanol–water partition coefficient (Wildman–Crippen LogP) is 1.83. The number of carbonyl (C=O) groups excluding carboxylic acids is 1. The summed E-state index contributed by atoms with van der Waals surface area (Å²) in [4.78, 5) is 10.8. The maximum Gasteiger partial charge on any atom is 0.284 e. The van der Waals surface area contributed by atoms with E-state index in [4.69, 9.17) is 20.1 Å². The molecule has 0 bridgehead atoms. The number of para-hydroxylation sites is 1. The molecule has 0 aliphatic carbocycles. The number of nitrogens with two attached hydrogens (primary N) is 1. The molecule has 5 heteroatoms. The van der Waals surface area contributed by atoms with Crippen LogP contribution in [0.2, 0.25) is 0 Å². The smallest absolute Gasteiger partial charge is 0.284 e. The fourth-order valence-corrected chi connectivity index (χ4v) is 1.42. The quantitative estimate of drug-likeness (QED) is 0.885. The second kappa shape index (κ2) is 5.06. The normalized spacial score (nSPS) is 9.72. The van der Waals surface area contributed by atoms with E-state index in [2.05, 4.69) is 0 Å². The van der Waals surface area contributed by atoms with Crippen molar-refractivity contribution in [2.45, 2.75) is 6.61 Å². The number of ether oxygens (including phenoxy) is 1. The second-order valence-electron chi connectivity index (χ2n) is 3.53. The van der Waals surface area contributed by atoms with Crippen LogP contribution in [0.4, 0.5) is 0 Å². The van der Waals surface area contributed by atoms with Crippen molar-refractivity contribution in [1.82, 2.24) is 0 Å². The lowest BCUT2D eigenvalue weighted by molar-refractivity contribution is 0.0970. The Hall–Kier alpha value is -2.74. The van der Waals surface area contributed by atoms with Crippen LogP contribution in [-0.2, 0) is 6.61 Å². The van der Waals surface area contributed by atoms with Gasteiger partial charge in [0.15, 0.2) is 5.76 Å². The van der Waals surface area contributed by atoms with Crippen molar-refractivity contribution >= 4 is 5.91 Å². The van der Waals surface area contributed by atoms with Gasteiger partial charge in [0.1, 0.15) is 24.2 Å². The third-order valence-corrected chi connectivity index (χ3v) is 2.28. The van der Waals surface area contributed by atoms with Crippen molar-refractivity contribution in [3.63, 3.8) is 0 Å². The van der Waals surface area contributed by atoms with E-state index >= 15 is 0 Å². The Bertz CT molecular complexity index is 611. The summed E-state index contributed by atoms with van der Waals surface area (Å²) in [7, 11) is 0. The molecular weight excluding hydrogens is 232 g/mol. The third kappa shape index (κ3) is 2.50. The van der Waals surface area contributed by atoms with Crippen molar-refractivity contribution < 1.29 is 13.9 Å². The molecule has 0 radical (unpaired) electrons. The molecule has 1 heterocycles. The molecule has 0 saturated carbocycles. The molecule has 18 heavy (non-hydrogen) atoms. The average Bonchev–Trinajstić information content (AvgIpc) is 2.85. The van der Waals surface area contributed by atoms with Crippen LogP contribution in [0.1, 0.15) is 21.9 Å². The Morgan fingerprint density at radius 1 is 1.33 bits per heavy atom. The first-order valence-corrected chi connectivity index (χ1v) is 5.21. The molecule has 0 fully saturated rings. The molecule has 1 aromatic carbocycles. The maximum atomic E-state index is 10.8. The molecular formula is C13H10N2O3. The van der Waals surface area contributed by atoms with Gasteiger partial charge in [-0.05, 0) is 24.3 Å². The lowest BCUT2D eigenvalue weighted by atomic mass is 10.2. The van der Waals surface area contributed by atoms with Gasteiger partial charge in [-0.15, -0.1) is 0 Å². The van der Waals surface area contributed by atoms with Crippen LogP contribution in [0.15, 0.2) is 40.8 Å². The molecule has 0 spiro atoms. The number of primary amides is 1. The highest BCUT2D eigenvalue weighted by Crippen LogP contribution is 2.18. The number of rotatable bonds is 4. The fourth-order valence-electron chi connectivity index (χ4n) is 1.42. The summed E-state index contributed by atoms with van der Waals surface area (Å²) >= 11 is 0. The summed E-state index contributed by atoms with van der Waals surface area (Å²) < 4.78 is 10.6. The third-order valence-electron chi connectivity index (χ3n) is 2.28. The summed E-state index contributed by atoms with van der Waals surface area (Å²) in [6, 6.07) is 12.0. The van der Waals surface area contributed by atoms with Gasteiger partial charge in [0.2, 0.25) is 0 Å². The highest BCUT2D eigenvalue weighted by Gasteiger charge is 2.08. The van der Waals surface area contributed by atoms with E-state index in [-0.39, 0.29) is 12.4 Å². The monoisotopic (exact) mass is 242 g/mol. The maximum absolute atomic E-state index is 10.8. The standard InChI is InChI=1S/C13H10N2O3/c14-7-9-3-1-2-4-11(9)17-8-10-5-6-12(18-10)13(15)16/h1-6H,8H2,(H2,15,16). The zero-order chi connectivity index (χ0) is 13.0. The zero-order valence-corrected chi connectivity index (χ0v) is 9.42. The minimum atomic E-state index is -0.626. The van der Waals surface area contributed by atoms with Crippen molar-refractivity contribution in [1.29, 1.82) is 5.26 Å². The molecule has 0 atom stereocenters. The number of carbonyl (C=O) groups is 1. The molecule has 1 aromatic heterocycles. The number of benzene rings is 1. The molecule has 0 saturated heterocycles. The van der Waals surface area contributed by atoms with Gasteiger partial charge >= 0.3 is 0 Å². The molecule has 90 valence electrons. The Morgan fingerprint density at radius 2 is 2.11 bits per heavy atom. The highest BCUT2D eigenvalue weighted by molar-refractivity contribution is 5.89. The van der Waals surface area contributed by atoms with Gasteiger partial charge in [0, 0.05) is 0 Å². The summed E-state index contributed by atoms with van der Waals surface area (Å²) in [6.07, 6.45) is 0. The predicted molar refractivity (Wildman–Crippen MR) is 62.7 cm³/mol. The van der Waals surface area contributed by atoms with Crippen molar-refractivity contribution in [3.05, 3.63) is 53.5 Å². The minimum Gasteiger partial charge on any atom is -0.484 e. The van der Waals surface area contributed by atoms with E-state index in [0.717, 1.165) is 0 Å². The Kier molecular flexibility index (Phi) is 3.30. The largest absolute Gasteiger partial charge is 0.484 e. The number of amides is 1. The first-order chi connectivity index (χ1) is 8.70. The molecule has 1 amide bonds. The highest BCUT2D eigenvalue weighted by atomic mass is 16.5. The fraction of sp³-hybridized carbons (Fsp3) is 0.0769. The van der Waals surface area contributed by atoms with Crippen LogP contribution in [0.3, 0.4) is 0 Å². The van der Waals surface area contributed by atoms with Crippen LogP contribution in [0.5, 0.6) is 5.75 Å². The van der Waals surface area contributed by atoms with Gasteiger partial charge in [-0.2, -0.15) is 5.26 Å². The van der Waals surface area contributed by atoms with Gasteiger partial charge in [-0.3, -0.25) is 4.79 Å². The number of nitriles is 1. The van der Waals surface area contributed by atoms with Crippen LogP contribution in [-0.4, -0.2) is 5.91 Å². The molecule has 0 aliphatic rings. The van der Waals surface area contributed by atoms with Gasteiger partial charge in [0.05, 0.1) is 5.56 Å². The summed E-state index contributed by atoms with van der Waals surface area (Å²) in [6.45, 7) is 0.131. The van der Waals surface area contributed by atoms with Gasteiger partial charge in [0.25, 0.3) is 5.91 Å². The van der Waals surface area contributed by atoms with Crippen molar-refractivity contribution in [2.75, 3.05) is 0 Å². The Morgan fingerprint density at radius 3 is 2.78 bits per heavy atom. The number of hydrogen-bond acceptors (Lipinski definition) is 4. The van der Waals surface area contributed by atoms with Gasteiger partial charge < -0.3 is 14.9 Å². The molecule has 2 aromatic rings. The minimum absolute atomic E-state index is 0.0853. The van der Waals surface area contributed by atoms with E-state index in [1.807, 2.05) is 6.07 Å². The van der Waals surface area contributed by atoms with Crippen LogP contribution >= 0.6 is 0 Å². The lowest BCUT2D eigenvalue weighted by Gasteiger charge is -2.05. The number of furan rings is 1.